The summed E-state index contributed by atoms with van der Waals surface area (Å²) in [4.78, 5) is 0. The molecule has 1 heterocycles. The van der Waals surface area contributed by atoms with Crippen LogP contribution in [0.3, 0.4) is 0 Å². The Morgan fingerprint density at radius 2 is 1.36 bits per heavy atom. The molecule has 60 valence electrons. The zero-order valence-electron chi connectivity index (χ0n) is 6.81. The van der Waals surface area contributed by atoms with Gasteiger partial charge in [0.1, 0.15) is 0 Å². The molecule has 1 aromatic heterocycles. The molecule has 1 heteroatoms. The lowest BCUT2D eigenvalue weighted by atomic mass is 9.97. The maximum Gasteiger partial charge on any atom is 0.0937 e. The third-order valence-electron chi connectivity index (χ3n) is 2.48. The second-order valence-corrected chi connectivity index (χ2v) is 3.34. The van der Waals surface area contributed by atoms with E-state index in [1.807, 2.05) is 12.5 Å². The normalized spacial score (nSPS) is 18.5. The van der Waals surface area contributed by atoms with E-state index >= 15 is 0 Å². The summed E-state index contributed by atoms with van der Waals surface area (Å²) in [5, 5.41) is 0. The van der Waals surface area contributed by atoms with Gasteiger partial charge in [0, 0.05) is 0 Å². The largest absolute Gasteiger partial charge is 0.472 e. The molecule has 0 aliphatic heterocycles. The highest BCUT2D eigenvalue weighted by molar-refractivity contribution is 5.21. The van der Waals surface area contributed by atoms with E-state index in [4.69, 9.17) is 4.42 Å². The molecule has 0 aromatic carbocycles. The molecule has 0 unspecified atom stereocenters. The SMILES string of the molecule is c1occ2c1CCCCCC2. The molecule has 0 atom stereocenters. The second kappa shape index (κ2) is 3.12. The molecule has 0 saturated heterocycles. The Hall–Kier alpha value is -0.720. The Kier molecular flexibility index (Phi) is 1.97. The first-order valence-corrected chi connectivity index (χ1v) is 4.51. The van der Waals surface area contributed by atoms with Crippen molar-refractivity contribution in [3.8, 4) is 0 Å². The van der Waals surface area contributed by atoms with Gasteiger partial charge in [0.05, 0.1) is 12.5 Å². The van der Waals surface area contributed by atoms with E-state index in [-0.39, 0.29) is 0 Å². The van der Waals surface area contributed by atoms with E-state index in [2.05, 4.69) is 0 Å². The first-order valence-electron chi connectivity index (χ1n) is 4.51. The monoisotopic (exact) mass is 150 g/mol. The van der Waals surface area contributed by atoms with Gasteiger partial charge in [-0.25, -0.2) is 0 Å². The highest BCUT2D eigenvalue weighted by Gasteiger charge is 2.07. The molecule has 1 aliphatic carbocycles. The van der Waals surface area contributed by atoms with Crippen LogP contribution in [0.2, 0.25) is 0 Å². The molecular formula is C10H14O. The molecular weight excluding hydrogens is 136 g/mol. The average molecular weight is 150 g/mol. The van der Waals surface area contributed by atoms with Crippen molar-refractivity contribution in [1.29, 1.82) is 0 Å². The summed E-state index contributed by atoms with van der Waals surface area (Å²) in [6.07, 6.45) is 11.8. The molecule has 0 N–H and O–H groups in total. The highest BCUT2D eigenvalue weighted by Crippen LogP contribution is 2.20. The zero-order chi connectivity index (χ0) is 7.52. The fourth-order valence-electron chi connectivity index (χ4n) is 1.77. The van der Waals surface area contributed by atoms with Crippen LogP contribution in [0.25, 0.3) is 0 Å². The van der Waals surface area contributed by atoms with E-state index in [1.54, 1.807) is 0 Å². The van der Waals surface area contributed by atoms with Crippen LogP contribution in [0.1, 0.15) is 36.8 Å². The van der Waals surface area contributed by atoms with Gasteiger partial charge in [-0.1, -0.05) is 12.8 Å². The number of furan rings is 1. The number of aryl methyl sites for hydroxylation is 2. The predicted molar refractivity (Wildman–Crippen MR) is 44.6 cm³/mol. The highest BCUT2D eigenvalue weighted by atomic mass is 16.3. The van der Waals surface area contributed by atoms with Crippen LogP contribution in [-0.2, 0) is 12.8 Å². The molecule has 11 heavy (non-hydrogen) atoms. The summed E-state index contributed by atoms with van der Waals surface area (Å²) in [5.74, 6) is 0. The van der Waals surface area contributed by atoms with Crippen molar-refractivity contribution < 1.29 is 4.42 Å². The molecule has 0 amide bonds. The smallest absolute Gasteiger partial charge is 0.0937 e. The molecule has 1 nitrogen and oxygen atoms in total. The van der Waals surface area contributed by atoms with Gasteiger partial charge in [-0.05, 0) is 36.8 Å². The minimum Gasteiger partial charge on any atom is -0.472 e. The van der Waals surface area contributed by atoms with Crippen LogP contribution in [0, 0.1) is 0 Å². The van der Waals surface area contributed by atoms with Crippen molar-refractivity contribution in [2.24, 2.45) is 0 Å². The van der Waals surface area contributed by atoms with E-state index in [1.165, 1.54) is 49.7 Å². The van der Waals surface area contributed by atoms with Crippen molar-refractivity contribution in [2.45, 2.75) is 38.5 Å². The van der Waals surface area contributed by atoms with Crippen LogP contribution in [-0.4, -0.2) is 0 Å². The standard InChI is InChI=1S/C10H14O/c1-2-4-6-10-8-11-7-9(10)5-3-1/h7-8H,1-6H2. The minimum atomic E-state index is 1.23. The van der Waals surface area contributed by atoms with Crippen molar-refractivity contribution in [1.82, 2.24) is 0 Å². The van der Waals surface area contributed by atoms with Crippen molar-refractivity contribution in [3.63, 3.8) is 0 Å². The summed E-state index contributed by atoms with van der Waals surface area (Å²) in [6, 6.07) is 0. The first-order chi connectivity index (χ1) is 5.47. The van der Waals surface area contributed by atoms with Crippen molar-refractivity contribution >= 4 is 0 Å². The van der Waals surface area contributed by atoms with Crippen LogP contribution >= 0.6 is 0 Å². The third kappa shape index (κ3) is 1.47. The van der Waals surface area contributed by atoms with Gasteiger partial charge in [0.15, 0.2) is 0 Å². The summed E-state index contributed by atoms with van der Waals surface area (Å²) >= 11 is 0. The first kappa shape index (κ1) is 6.96. The van der Waals surface area contributed by atoms with E-state index in [9.17, 15) is 0 Å². The lowest BCUT2D eigenvalue weighted by molar-refractivity contribution is 0.561. The lowest BCUT2D eigenvalue weighted by Gasteiger charge is -2.06. The summed E-state index contributed by atoms with van der Waals surface area (Å²) in [6.45, 7) is 0. The van der Waals surface area contributed by atoms with E-state index in [0.29, 0.717) is 0 Å². The van der Waals surface area contributed by atoms with Crippen LogP contribution < -0.4 is 0 Å². The Balaban J connectivity index is 2.18. The van der Waals surface area contributed by atoms with E-state index < -0.39 is 0 Å². The molecule has 1 aliphatic rings. The molecule has 1 aromatic rings. The van der Waals surface area contributed by atoms with Gasteiger partial charge in [-0.15, -0.1) is 0 Å². The molecule has 0 bridgehead atoms. The van der Waals surface area contributed by atoms with Crippen LogP contribution in [0.4, 0.5) is 0 Å². The summed E-state index contributed by atoms with van der Waals surface area (Å²) in [5.41, 5.74) is 2.90. The number of rotatable bonds is 0. The van der Waals surface area contributed by atoms with Gasteiger partial charge < -0.3 is 4.42 Å². The molecule has 0 radical (unpaired) electrons. The third-order valence-corrected chi connectivity index (χ3v) is 2.48. The average Bonchev–Trinajstić information content (AvgIpc) is 2.35. The van der Waals surface area contributed by atoms with Crippen LogP contribution in [0.15, 0.2) is 16.9 Å². The Morgan fingerprint density at radius 3 is 1.91 bits per heavy atom. The van der Waals surface area contributed by atoms with Gasteiger partial charge in [0.2, 0.25) is 0 Å². The number of hydrogen-bond donors (Lipinski definition) is 0. The van der Waals surface area contributed by atoms with Crippen molar-refractivity contribution in [2.75, 3.05) is 0 Å². The molecule has 0 fully saturated rings. The van der Waals surface area contributed by atoms with Gasteiger partial charge in [-0.2, -0.15) is 0 Å². The van der Waals surface area contributed by atoms with Gasteiger partial charge >= 0.3 is 0 Å². The molecule has 0 saturated carbocycles. The molecule has 0 spiro atoms. The summed E-state index contributed by atoms with van der Waals surface area (Å²) < 4.78 is 5.18. The quantitative estimate of drug-likeness (QED) is 0.554. The zero-order valence-corrected chi connectivity index (χ0v) is 6.81. The number of hydrogen-bond acceptors (Lipinski definition) is 1. The molecule has 2 rings (SSSR count). The fraction of sp³-hybridized carbons (Fsp3) is 0.600. The second-order valence-electron chi connectivity index (χ2n) is 3.34. The Bertz CT molecular complexity index is 202. The Labute approximate surface area is 67.4 Å². The fourth-order valence-corrected chi connectivity index (χ4v) is 1.77. The minimum absolute atomic E-state index is 1.23. The van der Waals surface area contributed by atoms with E-state index in [0.717, 1.165) is 0 Å². The van der Waals surface area contributed by atoms with Crippen LogP contribution in [0.5, 0.6) is 0 Å². The predicted octanol–water partition coefficient (Wildman–Crippen LogP) is 2.94. The lowest BCUT2D eigenvalue weighted by Crippen LogP contribution is -1.95. The summed E-state index contributed by atoms with van der Waals surface area (Å²) in [7, 11) is 0. The maximum absolute atomic E-state index is 5.18. The maximum atomic E-state index is 5.18. The van der Waals surface area contributed by atoms with Crippen molar-refractivity contribution in [3.05, 3.63) is 23.7 Å². The number of fused-ring (bicyclic) bond motifs is 1. The topological polar surface area (TPSA) is 13.1 Å². The van der Waals surface area contributed by atoms with Gasteiger partial charge in [0.25, 0.3) is 0 Å². The Morgan fingerprint density at radius 1 is 0.818 bits per heavy atom. The van der Waals surface area contributed by atoms with Gasteiger partial charge in [-0.3, -0.25) is 0 Å².